The Morgan fingerprint density at radius 3 is 3.06 bits per heavy atom. The SMILES string of the molecule is N#CCCNC(=O)Cn1ncc(N)cc1=O. The highest BCUT2D eigenvalue weighted by atomic mass is 16.2. The molecule has 1 amide bonds. The Morgan fingerprint density at radius 2 is 2.44 bits per heavy atom. The van der Waals surface area contributed by atoms with Crippen molar-refractivity contribution in [2.75, 3.05) is 12.3 Å². The van der Waals surface area contributed by atoms with Crippen molar-refractivity contribution in [2.45, 2.75) is 13.0 Å². The summed E-state index contributed by atoms with van der Waals surface area (Å²) >= 11 is 0. The van der Waals surface area contributed by atoms with Gasteiger partial charge in [0.05, 0.1) is 24.4 Å². The van der Waals surface area contributed by atoms with Gasteiger partial charge in [-0.2, -0.15) is 10.4 Å². The standard InChI is InChI=1S/C9H11N5O2/c10-2-1-3-12-8(15)6-14-9(16)4-7(11)5-13-14/h4-5H,1,3,6,11H2,(H,12,15). The number of hydrogen-bond donors (Lipinski definition) is 2. The first-order chi connectivity index (χ1) is 7.63. The maximum atomic E-state index is 11.3. The van der Waals surface area contributed by atoms with Crippen LogP contribution in [0.2, 0.25) is 0 Å². The zero-order chi connectivity index (χ0) is 12.0. The summed E-state index contributed by atoms with van der Waals surface area (Å²) in [4.78, 5) is 22.6. The number of aromatic nitrogens is 2. The minimum Gasteiger partial charge on any atom is -0.397 e. The average molecular weight is 221 g/mol. The van der Waals surface area contributed by atoms with Gasteiger partial charge in [0, 0.05) is 12.6 Å². The predicted molar refractivity (Wildman–Crippen MR) is 56.1 cm³/mol. The molecule has 84 valence electrons. The minimum atomic E-state index is -0.435. The van der Waals surface area contributed by atoms with Gasteiger partial charge in [0.1, 0.15) is 6.54 Å². The number of amides is 1. The topological polar surface area (TPSA) is 114 Å². The van der Waals surface area contributed by atoms with Crippen LogP contribution in [0.15, 0.2) is 17.1 Å². The summed E-state index contributed by atoms with van der Waals surface area (Å²) < 4.78 is 0.998. The van der Waals surface area contributed by atoms with Crippen LogP contribution >= 0.6 is 0 Å². The second kappa shape index (κ2) is 5.50. The normalized spacial score (nSPS) is 9.44. The van der Waals surface area contributed by atoms with Crippen molar-refractivity contribution in [2.24, 2.45) is 0 Å². The van der Waals surface area contributed by atoms with E-state index in [9.17, 15) is 9.59 Å². The molecule has 0 saturated carbocycles. The first kappa shape index (κ1) is 11.7. The van der Waals surface area contributed by atoms with Gasteiger partial charge in [-0.25, -0.2) is 4.68 Å². The zero-order valence-electron chi connectivity index (χ0n) is 8.51. The molecule has 0 bridgehead atoms. The lowest BCUT2D eigenvalue weighted by atomic mass is 10.4. The summed E-state index contributed by atoms with van der Waals surface area (Å²) in [6.45, 7) is 0.0869. The van der Waals surface area contributed by atoms with Crippen molar-refractivity contribution in [3.63, 3.8) is 0 Å². The van der Waals surface area contributed by atoms with E-state index < -0.39 is 5.56 Å². The minimum absolute atomic E-state index is 0.176. The molecule has 0 fully saturated rings. The molecule has 1 aromatic heterocycles. The van der Waals surface area contributed by atoms with Crippen LogP contribution < -0.4 is 16.6 Å². The first-order valence-electron chi connectivity index (χ1n) is 4.60. The van der Waals surface area contributed by atoms with Crippen molar-refractivity contribution in [3.8, 4) is 6.07 Å². The predicted octanol–water partition coefficient (Wildman–Crippen LogP) is -1.14. The van der Waals surface area contributed by atoms with Gasteiger partial charge in [-0.05, 0) is 0 Å². The van der Waals surface area contributed by atoms with Gasteiger partial charge in [-0.3, -0.25) is 9.59 Å². The molecule has 0 radical (unpaired) electrons. The molecule has 7 heteroatoms. The maximum Gasteiger partial charge on any atom is 0.269 e. The summed E-state index contributed by atoms with van der Waals surface area (Å²) in [5.41, 5.74) is 5.17. The van der Waals surface area contributed by atoms with Gasteiger partial charge in [-0.1, -0.05) is 0 Å². The molecule has 0 aromatic carbocycles. The Balaban J connectivity index is 2.57. The maximum absolute atomic E-state index is 11.3. The Kier molecular flexibility index (Phi) is 4.03. The van der Waals surface area contributed by atoms with Gasteiger partial charge in [0.25, 0.3) is 5.56 Å². The molecule has 0 saturated heterocycles. The summed E-state index contributed by atoms with van der Waals surface area (Å²) in [7, 11) is 0. The van der Waals surface area contributed by atoms with Gasteiger partial charge < -0.3 is 11.1 Å². The van der Waals surface area contributed by atoms with E-state index in [0.29, 0.717) is 0 Å². The number of rotatable bonds is 4. The van der Waals surface area contributed by atoms with Crippen LogP contribution in [0.3, 0.4) is 0 Å². The number of nitrogens with zero attached hydrogens (tertiary/aromatic N) is 3. The van der Waals surface area contributed by atoms with Gasteiger partial charge in [0.2, 0.25) is 5.91 Å². The average Bonchev–Trinajstić information content (AvgIpc) is 2.23. The van der Waals surface area contributed by atoms with Crippen molar-refractivity contribution < 1.29 is 4.79 Å². The largest absolute Gasteiger partial charge is 0.397 e. The van der Waals surface area contributed by atoms with Crippen LogP contribution in [0.25, 0.3) is 0 Å². The van der Waals surface area contributed by atoms with Crippen LogP contribution in [0.1, 0.15) is 6.42 Å². The fraction of sp³-hybridized carbons (Fsp3) is 0.333. The number of nitrogen functional groups attached to an aromatic ring is 1. The molecule has 1 rings (SSSR count). The van der Waals surface area contributed by atoms with Crippen molar-refractivity contribution in [1.29, 1.82) is 5.26 Å². The molecule has 0 spiro atoms. The van der Waals surface area contributed by atoms with Crippen LogP contribution in [0, 0.1) is 11.3 Å². The highest BCUT2D eigenvalue weighted by Gasteiger charge is 2.04. The molecule has 1 heterocycles. The first-order valence-corrected chi connectivity index (χ1v) is 4.60. The fourth-order valence-corrected chi connectivity index (χ4v) is 1.02. The molecule has 16 heavy (non-hydrogen) atoms. The number of nitriles is 1. The summed E-state index contributed by atoms with van der Waals surface area (Å²) in [5.74, 6) is -0.366. The molecular weight excluding hydrogens is 210 g/mol. The third-order valence-corrected chi connectivity index (χ3v) is 1.74. The molecule has 0 aliphatic rings. The van der Waals surface area contributed by atoms with Gasteiger partial charge in [-0.15, -0.1) is 0 Å². The van der Waals surface area contributed by atoms with Gasteiger partial charge >= 0.3 is 0 Å². The Labute approximate surface area is 91.5 Å². The van der Waals surface area contributed by atoms with Crippen molar-refractivity contribution in [1.82, 2.24) is 15.1 Å². The second-order valence-electron chi connectivity index (χ2n) is 3.04. The molecule has 0 aliphatic carbocycles. The van der Waals surface area contributed by atoms with E-state index in [4.69, 9.17) is 11.0 Å². The Bertz CT molecular complexity index is 474. The molecule has 0 atom stereocenters. The number of anilines is 1. The third kappa shape index (κ3) is 3.42. The zero-order valence-corrected chi connectivity index (χ0v) is 8.51. The molecule has 1 aromatic rings. The fourth-order valence-electron chi connectivity index (χ4n) is 1.02. The lowest BCUT2D eigenvalue weighted by Gasteiger charge is -2.04. The van der Waals surface area contributed by atoms with E-state index in [0.717, 1.165) is 4.68 Å². The summed E-state index contributed by atoms with van der Waals surface area (Å²) in [5, 5.41) is 14.4. The lowest BCUT2D eigenvalue weighted by molar-refractivity contribution is -0.121. The summed E-state index contributed by atoms with van der Waals surface area (Å²) in [6, 6.07) is 3.08. The van der Waals surface area contributed by atoms with Crippen molar-refractivity contribution >= 4 is 11.6 Å². The van der Waals surface area contributed by atoms with E-state index in [2.05, 4.69) is 10.4 Å². The van der Waals surface area contributed by atoms with Crippen molar-refractivity contribution in [3.05, 3.63) is 22.6 Å². The van der Waals surface area contributed by atoms with Crippen LogP contribution in [0.4, 0.5) is 5.69 Å². The smallest absolute Gasteiger partial charge is 0.269 e. The number of nitrogens with one attached hydrogen (secondary N) is 1. The lowest BCUT2D eigenvalue weighted by Crippen LogP contribution is -2.33. The second-order valence-corrected chi connectivity index (χ2v) is 3.04. The molecule has 0 aliphatic heterocycles. The van der Waals surface area contributed by atoms with Crippen LogP contribution in [-0.2, 0) is 11.3 Å². The summed E-state index contributed by atoms with van der Waals surface area (Å²) in [6.07, 6.45) is 1.53. The molecule has 3 N–H and O–H groups in total. The highest BCUT2D eigenvalue weighted by molar-refractivity contribution is 5.75. The van der Waals surface area contributed by atoms with Crippen LogP contribution in [0.5, 0.6) is 0 Å². The van der Waals surface area contributed by atoms with E-state index in [-0.39, 0.29) is 31.1 Å². The van der Waals surface area contributed by atoms with E-state index in [1.54, 1.807) is 0 Å². The monoisotopic (exact) mass is 221 g/mol. The van der Waals surface area contributed by atoms with E-state index >= 15 is 0 Å². The number of carbonyl (C=O) groups excluding carboxylic acids is 1. The Morgan fingerprint density at radius 1 is 1.69 bits per heavy atom. The number of nitrogens with two attached hydrogens (primary N) is 1. The quantitative estimate of drug-likeness (QED) is 0.623. The third-order valence-electron chi connectivity index (χ3n) is 1.74. The Hall–Kier alpha value is -2.36. The molecular formula is C9H11N5O2. The number of carbonyl (C=O) groups is 1. The van der Waals surface area contributed by atoms with E-state index in [1.807, 2.05) is 6.07 Å². The van der Waals surface area contributed by atoms with Crippen LogP contribution in [-0.4, -0.2) is 22.2 Å². The number of hydrogen-bond acceptors (Lipinski definition) is 5. The molecule has 7 nitrogen and oxygen atoms in total. The highest BCUT2D eigenvalue weighted by Crippen LogP contribution is 1.89. The van der Waals surface area contributed by atoms with E-state index in [1.165, 1.54) is 12.3 Å². The van der Waals surface area contributed by atoms with Gasteiger partial charge in [0.15, 0.2) is 0 Å². The molecule has 0 unspecified atom stereocenters.